The van der Waals surface area contributed by atoms with E-state index in [0.717, 1.165) is 17.3 Å². The quantitative estimate of drug-likeness (QED) is 0.595. The summed E-state index contributed by atoms with van der Waals surface area (Å²) in [7, 11) is 0. The van der Waals surface area contributed by atoms with Crippen molar-refractivity contribution in [1.82, 2.24) is 4.98 Å². The van der Waals surface area contributed by atoms with E-state index in [-0.39, 0.29) is 0 Å². The second kappa shape index (κ2) is 2.34. The van der Waals surface area contributed by atoms with Crippen molar-refractivity contribution in [3.05, 3.63) is 28.7 Å². The van der Waals surface area contributed by atoms with Gasteiger partial charge in [-0.2, -0.15) is 0 Å². The first-order valence-corrected chi connectivity index (χ1v) is 3.95. The molecule has 1 aliphatic rings. The fourth-order valence-corrected chi connectivity index (χ4v) is 1.48. The van der Waals surface area contributed by atoms with Crippen molar-refractivity contribution in [3.63, 3.8) is 0 Å². The summed E-state index contributed by atoms with van der Waals surface area (Å²) in [5, 5.41) is 2.98. The molecule has 1 aromatic rings. The Kier molecular flexibility index (Phi) is 1.36. The number of hydrogen-bond donors (Lipinski definition) is 0. The van der Waals surface area contributed by atoms with Gasteiger partial charge < -0.3 is 0 Å². The zero-order valence-corrected chi connectivity index (χ0v) is 6.14. The number of aromatic nitrogens is 1. The minimum Gasteiger partial charge on any atom is -0.278 e. The van der Waals surface area contributed by atoms with Gasteiger partial charge in [-0.25, -0.2) is 4.98 Å². The number of aliphatic imine (C=N–C) groups is 1. The van der Waals surface area contributed by atoms with Crippen LogP contribution in [0.1, 0.15) is 5.01 Å². The zero-order valence-electron chi connectivity index (χ0n) is 5.32. The van der Waals surface area contributed by atoms with Gasteiger partial charge in [-0.1, -0.05) is 6.08 Å². The molecule has 0 atom stereocenters. The summed E-state index contributed by atoms with van der Waals surface area (Å²) < 4.78 is 0. The predicted molar refractivity (Wildman–Crippen MR) is 42.7 cm³/mol. The highest BCUT2D eigenvalue weighted by atomic mass is 32.1. The van der Waals surface area contributed by atoms with Gasteiger partial charge in [-0.05, 0) is 6.08 Å². The summed E-state index contributed by atoms with van der Waals surface area (Å²) in [4.78, 5) is 8.37. The third kappa shape index (κ3) is 0.885. The van der Waals surface area contributed by atoms with Gasteiger partial charge in [0.1, 0.15) is 5.01 Å². The Morgan fingerprint density at radius 2 is 2.50 bits per heavy atom. The lowest BCUT2D eigenvalue weighted by molar-refractivity contribution is 1.27. The number of rotatable bonds is 1. The smallest absolute Gasteiger partial charge is 0.141 e. The van der Waals surface area contributed by atoms with E-state index in [4.69, 9.17) is 0 Å². The fraction of sp³-hybridized carbons (Fsp3) is 0.143. The zero-order chi connectivity index (χ0) is 6.81. The van der Waals surface area contributed by atoms with E-state index in [1.54, 1.807) is 17.5 Å². The highest BCUT2D eigenvalue weighted by molar-refractivity contribution is 7.11. The molecule has 50 valence electrons. The first-order valence-electron chi connectivity index (χ1n) is 3.08. The highest BCUT2D eigenvalue weighted by Gasteiger charge is 2.03. The molecule has 0 saturated carbocycles. The summed E-state index contributed by atoms with van der Waals surface area (Å²) >= 11 is 1.63. The number of nitrogens with zero attached hydrogens (tertiary/aromatic N) is 2. The van der Waals surface area contributed by atoms with E-state index < -0.39 is 0 Å². The lowest BCUT2D eigenvalue weighted by atomic mass is 10.4. The Labute approximate surface area is 63.0 Å². The van der Waals surface area contributed by atoms with Gasteiger partial charge in [0.25, 0.3) is 0 Å². The average molecular weight is 150 g/mol. The second-order valence-electron chi connectivity index (χ2n) is 1.97. The van der Waals surface area contributed by atoms with Crippen LogP contribution in [0, 0.1) is 0 Å². The van der Waals surface area contributed by atoms with Crippen molar-refractivity contribution in [2.45, 2.75) is 0 Å². The van der Waals surface area contributed by atoms with Crippen LogP contribution in [0.4, 0.5) is 0 Å². The van der Waals surface area contributed by atoms with Crippen LogP contribution in [-0.4, -0.2) is 17.2 Å². The van der Waals surface area contributed by atoms with Crippen LogP contribution in [0.5, 0.6) is 0 Å². The molecule has 0 bridgehead atoms. The van der Waals surface area contributed by atoms with Crippen LogP contribution < -0.4 is 0 Å². The lowest BCUT2D eigenvalue weighted by Crippen LogP contribution is -1.90. The minimum atomic E-state index is 0.814. The Morgan fingerprint density at radius 1 is 1.50 bits per heavy atom. The van der Waals surface area contributed by atoms with E-state index in [9.17, 15) is 0 Å². The van der Waals surface area contributed by atoms with Gasteiger partial charge in [0.05, 0.1) is 12.3 Å². The molecule has 2 rings (SSSR count). The minimum absolute atomic E-state index is 0.814. The van der Waals surface area contributed by atoms with Crippen LogP contribution in [0.3, 0.4) is 0 Å². The Balaban J connectivity index is 2.36. The normalized spacial score (nSPS) is 15.8. The molecule has 0 N–H and O–H groups in total. The molecule has 1 aliphatic heterocycles. The molecular formula is C7H6N2S. The first-order chi connectivity index (χ1) is 4.97. The summed E-state index contributed by atoms with van der Waals surface area (Å²) in [6.45, 7) is 0.814. The fourth-order valence-electron chi connectivity index (χ4n) is 0.857. The van der Waals surface area contributed by atoms with Gasteiger partial charge >= 0.3 is 0 Å². The van der Waals surface area contributed by atoms with Gasteiger partial charge in [-0.3, -0.25) is 4.99 Å². The number of hydrogen-bond acceptors (Lipinski definition) is 3. The molecule has 0 aromatic carbocycles. The molecule has 10 heavy (non-hydrogen) atoms. The summed E-state index contributed by atoms with van der Waals surface area (Å²) in [5.41, 5.74) is 1.02. The second-order valence-corrected chi connectivity index (χ2v) is 2.86. The molecule has 1 aromatic heterocycles. The van der Waals surface area contributed by atoms with Crippen molar-refractivity contribution in [2.24, 2.45) is 4.99 Å². The van der Waals surface area contributed by atoms with Crippen LogP contribution in [0.15, 0.2) is 28.7 Å². The van der Waals surface area contributed by atoms with Crippen molar-refractivity contribution in [1.29, 1.82) is 0 Å². The Bertz CT molecular complexity index is 272. The Hall–Kier alpha value is -0.960. The molecule has 0 saturated heterocycles. The Morgan fingerprint density at radius 3 is 3.10 bits per heavy atom. The maximum atomic E-state index is 4.23. The van der Waals surface area contributed by atoms with Gasteiger partial charge in [0, 0.05) is 11.6 Å². The first kappa shape index (κ1) is 5.80. The molecule has 0 amide bonds. The van der Waals surface area contributed by atoms with E-state index >= 15 is 0 Å². The van der Waals surface area contributed by atoms with Crippen LogP contribution in [0.2, 0.25) is 0 Å². The maximum Gasteiger partial charge on any atom is 0.141 e. The molecule has 2 heterocycles. The van der Waals surface area contributed by atoms with Crippen molar-refractivity contribution >= 4 is 17.0 Å². The highest BCUT2D eigenvalue weighted by Crippen LogP contribution is 2.09. The van der Waals surface area contributed by atoms with Crippen molar-refractivity contribution in [3.8, 4) is 0 Å². The number of thiazole rings is 1. The summed E-state index contributed by atoms with van der Waals surface area (Å²) in [5.74, 6) is 0. The molecule has 2 nitrogen and oxygen atoms in total. The maximum absolute atomic E-state index is 4.23. The molecule has 3 heteroatoms. The standard InChI is InChI=1S/C7H6N2S/c1-2-6(8-3-1)7-9-4-5-10-7/h1-2,4-5H,3H2. The molecule has 0 fully saturated rings. The van der Waals surface area contributed by atoms with Gasteiger partial charge in [0.15, 0.2) is 0 Å². The monoisotopic (exact) mass is 150 g/mol. The molecule has 0 aliphatic carbocycles. The predicted octanol–water partition coefficient (Wildman–Crippen LogP) is 1.50. The molecular weight excluding hydrogens is 144 g/mol. The van der Waals surface area contributed by atoms with E-state index in [0.29, 0.717) is 0 Å². The van der Waals surface area contributed by atoms with Crippen LogP contribution in [0.25, 0.3) is 0 Å². The van der Waals surface area contributed by atoms with Crippen molar-refractivity contribution < 1.29 is 0 Å². The van der Waals surface area contributed by atoms with Gasteiger partial charge in [-0.15, -0.1) is 11.3 Å². The molecule has 0 spiro atoms. The van der Waals surface area contributed by atoms with Gasteiger partial charge in [0.2, 0.25) is 0 Å². The van der Waals surface area contributed by atoms with E-state index in [2.05, 4.69) is 9.98 Å². The third-order valence-electron chi connectivity index (χ3n) is 1.29. The largest absolute Gasteiger partial charge is 0.278 e. The number of allylic oxidation sites excluding steroid dienone is 1. The third-order valence-corrected chi connectivity index (χ3v) is 2.09. The topological polar surface area (TPSA) is 25.2 Å². The lowest BCUT2D eigenvalue weighted by Gasteiger charge is -1.86. The van der Waals surface area contributed by atoms with Crippen molar-refractivity contribution in [2.75, 3.05) is 6.54 Å². The van der Waals surface area contributed by atoms with E-state index in [1.165, 1.54) is 0 Å². The average Bonchev–Trinajstić information content (AvgIpc) is 2.59. The SMILES string of the molecule is C1=CC(c2nccs2)=NC1. The van der Waals surface area contributed by atoms with E-state index in [1.807, 2.05) is 17.5 Å². The molecule has 0 unspecified atom stereocenters. The molecule has 0 radical (unpaired) electrons. The summed E-state index contributed by atoms with van der Waals surface area (Å²) in [6, 6.07) is 0. The van der Waals surface area contributed by atoms with Crippen LogP contribution >= 0.6 is 11.3 Å². The summed E-state index contributed by atoms with van der Waals surface area (Å²) in [6.07, 6.45) is 5.85. The van der Waals surface area contributed by atoms with Crippen LogP contribution in [-0.2, 0) is 0 Å².